The summed E-state index contributed by atoms with van der Waals surface area (Å²) in [5.41, 5.74) is 0. The largest absolute Gasteiger partial charge is 0.481 e. The summed E-state index contributed by atoms with van der Waals surface area (Å²) in [6.45, 7) is 0. The molecule has 0 aromatic carbocycles. The molecule has 3 rings (SSSR count). The van der Waals surface area contributed by atoms with Crippen LogP contribution in [-0.2, 0) is 11.0 Å². The van der Waals surface area contributed by atoms with Crippen molar-refractivity contribution in [3.63, 3.8) is 0 Å². The van der Waals surface area contributed by atoms with Gasteiger partial charge < -0.3 is 5.11 Å². The lowest BCUT2D eigenvalue weighted by Gasteiger charge is -2.04. The maximum atomic E-state index is 12.7. The van der Waals surface area contributed by atoms with Gasteiger partial charge in [-0.15, -0.1) is 10.2 Å². The summed E-state index contributed by atoms with van der Waals surface area (Å²) in [4.78, 5) is 11.0. The number of aromatic nitrogens is 4. The third kappa shape index (κ3) is 2.13. The summed E-state index contributed by atoms with van der Waals surface area (Å²) in [6, 6.07) is 0. The van der Waals surface area contributed by atoms with Gasteiger partial charge in [0.2, 0.25) is 4.96 Å². The Morgan fingerprint density at radius 2 is 2.10 bits per heavy atom. The summed E-state index contributed by atoms with van der Waals surface area (Å²) in [6.07, 6.45) is -3.07. The SMILES string of the molecule is O=C(O)C1CCC(c2nn3c(C(F)(F)F)nnc3s2)C1. The quantitative estimate of drug-likeness (QED) is 0.919. The minimum Gasteiger partial charge on any atom is -0.481 e. The zero-order valence-corrected chi connectivity index (χ0v) is 10.8. The van der Waals surface area contributed by atoms with E-state index in [1.807, 2.05) is 0 Å². The molecule has 20 heavy (non-hydrogen) atoms. The summed E-state index contributed by atoms with van der Waals surface area (Å²) in [5, 5.41) is 19.9. The second kappa shape index (κ2) is 4.40. The van der Waals surface area contributed by atoms with Crippen LogP contribution in [0.4, 0.5) is 13.2 Å². The highest BCUT2D eigenvalue weighted by Gasteiger charge is 2.39. The minimum absolute atomic E-state index is 0.0751. The molecule has 0 radical (unpaired) electrons. The van der Waals surface area contributed by atoms with Gasteiger partial charge in [0, 0.05) is 5.92 Å². The van der Waals surface area contributed by atoms with Gasteiger partial charge in [-0.25, -0.2) is 0 Å². The maximum absolute atomic E-state index is 12.7. The first-order valence-corrected chi connectivity index (χ1v) is 6.70. The van der Waals surface area contributed by atoms with Crippen molar-refractivity contribution in [1.29, 1.82) is 0 Å². The number of alkyl halides is 3. The molecule has 0 amide bonds. The molecule has 2 unspecified atom stereocenters. The smallest absolute Gasteiger partial charge is 0.453 e. The van der Waals surface area contributed by atoms with E-state index in [2.05, 4.69) is 15.3 Å². The van der Waals surface area contributed by atoms with Gasteiger partial charge in [-0.3, -0.25) is 4.79 Å². The van der Waals surface area contributed by atoms with E-state index in [9.17, 15) is 18.0 Å². The minimum atomic E-state index is -4.61. The number of aliphatic carboxylic acids is 1. The Bertz CT molecular complexity index is 665. The van der Waals surface area contributed by atoms with Crippen molar-refractivity contribution in [2.24, 2.45) is 5.92 Å². The van der Waals surface area contributed by atoms with Gasteiger partial charge in [-0.2, -0.15) is 22.8 Å². The van der Waals surface area contributed by atoms with Crippen LogP contribution in [0.1, 0.15) is 36.0 Å². The molecule has 6 nitrogen and oxygen atoms in total. The number of hydrogen-bond acceptors (Lipinski definition) is 5. The van der Waals surface area contributed by atoms with Crippen LogP contribution < -0.4 is 0 Å². The number of fused-ring (bicyclic) bond motifs is 1. The van der Waals surface area contributed by atoms with Gasteiger partial charge in [0.1, 0.15) is 5.01 Å². The molecule has 0 spiro atoms. The normalized spacial score (nSPS) is 23.6. The van der Waals surface area contributed by atoms with Crippen molar-refractivity contribution in [3.05, 3.63) is 10.8 Å². The number of carboxylic acid groups (broad SMARTS) is 1. The van der Waals surface area contributed by atoms with Gasteiger partial charge in [0.05, 0.1) is 5.92 Å². The van der Waals surface area contributed by atoms with Crippen LogP contribution in [-0.4, -0.2) is 30.9 Å². The molecule has 1 fully saturated rings. The number of carboxylic acids is 1. The van der Waals surface area contributed by atoms with Gasteiger partial charge in [0.25, 0.3) is 5.82 Å². The summed E-state index contributed by atoms with van der Waals surface area (Å²) >= 11 is 1.03. The Balaban J connectivity index is 1.91. The van der Waals surface area contributed by atoms with E-state index in [-0.39, 0.29) is 10.9 Å². The van der Waals surface area contributed by atoms with E-state index in [0.29, 0.717) is 28.8 Å². The molecule has 10 heteroatoms. The van der Waals surface area contributed by atoms with Gasteiger partial charge in [0.15, 0.2) is 0 Å². The van der Waals surface area contributed by atoms with Gasteiger partial charge >= 0.3 is 12.1 Å². The van der Waals surface area contributed by atoms with E-state index >= 15 is 0 Å². The van der Waals surface area contributed by atoms with Crippen LogP contribution in [0.5, 0.6) is 0 Å². The highest BCUT2D eigenvalue weighted by molar-refractivity contribution is 7.16. The Hall–Kier alpha value is -1.71. The molecule has 1 saturated carbocycles. The Morgan fingerprint density at radius 1 is 1.35 bits per heavy atom. The molecule has 2 aromatic heterocycles. The molecule has 0 bridgehead atoms. The van der Waals surface area contributed by atoms with E-state index in [1.165, 1.54) is 0 Å². The first-order valence-electron chi connectivity index (χ1n) is 5.88. The maximum Gasteiger partial charge on any atom is 0.453 e. The Morgan fingerprint density at radius 3 is 2.70 bits per heavy atom. The van der Waals surface area contributed by atoms with Crippen LogP contribution in [0.15, 0.2) is 0 Å². The first kappa shape index (κ1) is 13.3. The van der Waals surface area contributed by atoms with Crippen LogP contribution in [0.25, 0.3) is 4.96 Å². The molecule has 2 aromatic rings. The molecular weight excluding hydrogens is 297 g/mol. The molecule has 108 valence electrons. The van der Waals surface area contributed by atoms with Crippen LogP contribution >= 0.6 is 11.3 Å². The van der Waals surface area contributed by atoms with E-state index in [0.717, 1.165) is 11.3 Å². The number of hydrogen-bond donors (Lipinski definition) is 1. The fraction of sp³-hybridized carbons (Fsp3) is 0.600. The third-order valence-corrected chi connectivity index (χ3v) is 4.45. The lowest BCUT2D eigenvalue weighted by atomic mass is 10.1. The molecule has 0 aliphatic heterocycles. The second-order valence-electron chi connectivity index (χ2n) is 4.70. The molecule has 1 aliphatic rings. The van der Waals surface area contributed by atoms with Crippen LogP contribution in [0.2, 0.25) is 0 Å². The highest BCUT2D eigenvalue weighted by atomic mass is 32.1. The zero-order valence-electron chi connectivity index (χ0n) is 9.96. The lowest BCUT2D eigenvalue weighted by Crippen LogP contribution is -2.12. The zero-order chi connectivity index (χ0) is 14.5. The van der Waals surface area contributed by atoms with Crippen LogP contribution in [0.3, 0.4) is 0 Å². The van der Waals surface area contributed by atoms with Crippen molar-refractivity contribution in [3.8, 4) is 0 Å². The lowest BCUT2D eigenvalue weighted by molar-refractivity contribution is -0.146. The van der Waals surface area contributed by atoms with Crippen molar-refractivity contribution in [1.82, 2.24) is 19.8 Å². The number of rotatable bonds is 2. The average Bonchev–Trinajstić information content (AvgIpc) is 3.01. The second-order valence-corrected chi connectivity index (χ2v) is 5.69. The van der Waals surface area contributed by atoms with Crippen molar-refractivity contribution in [2.45, 2.75) is 31.4 Å². The topological polar surface area (TPSA) is 80.4 Å². The number of nitrogens with zero attached hydrogens (tertiary/aromatic N) is 4. The average molecular weight is 306 g/mol. The first-order chi connectivity index (χ1) is 9.36. The monoisotopic (exact) mass is 306 g/mol. The van der Waals surface area contributed by atoms with Gasteiger partial charge in [-0.05, 0) is 19.3 Å². The van der Waals surface area contributed by atoms with Crippen LogP contribution in [0, 0.1) is 5.92 Å². The predicted octanol–water partition coefficient (Wildman–Crippen LogP) is 2.17. The number of halogens is 3. The molecule has 0 saturated heterocycles. The van der Waals surface area contributed by atoms with Crippen molar-refractivity contribution < 1.29 is 23.1 Å². The molecule has 1 N–H and O–H groups in total. The van der Waals surface area contributed by atoms with Crippen molar-refractivity contribution >= 4 is 22.3 Å². The van der Waals surface area contributed by atoms with E-state index in [4.69, 9.17) is 5.11 Å². The summed E-state index contributed by atoms with van der Waals surface area (Å²) in [5.74, 6) is -2.59. The van der Waals surface area contributed by atoms with E-state index in [1.54, 1.807) is 0 Å². The summed E-state index contributed by atoms with van der Waals surface area (Å²) < 4.78 is 38.7. The Kier molecular flexibility index (Phi) is 2.92. The molecular formula is C10H9F3N4O2S. The highest BCUT2D eigenvalue weighted by Crippen LogP contribution is 2.40. The third-order valence-electron chi connectivity index (χ3n) is 3.39. The molecule has 2 atom stereocenters. The van der Waals surface area contributed by atoms with Gasteiger partial charge in [-0.1, -0.05) is 11.3 Å². The summed E-state index contributed by atoms with van der Waals surface area (Å²) in [7, 11) is 0. The Labute approximate surface area is 114 Å². The molecule has 2 heterocycles. The van der Waals surface area contributed by atoms with E-state index < -0.39 is 23.9 Å². The van der Waals surface area contributed by atoms with Crippen molar-refractivity contribution in [2.75, 3.05) is 0 Å². The standard InChI is InChI=1S/C10H9F3N4O2S/c11-10(12,13)8-14-15-9-17(8)16-6(20-9)4-1-2-5(3-4)7(18)19/h4-5H,1-3H2,(H,18,19). The number of carbonyl (C=O) groups is 1. The fourth-order valence-corrected chi connectivity index (χ4v) is 3.39. The fourth-order valence-electron chi connectivity index (χ4n) is 2.40. The molecule has 1 aliphatic carbocycles. The predicted molar refractivity (Wildman–Crippen MR) is 61.4 cm³/mol.